The van der Waals surface area contributed by atoms with Gasteiger partial charge in [0.25, 0.3) is 0 Å². The van der Waals surface area contributed by atoms with Crippen LogP contribution in [0.15, 0.2) is 71.4 Å². The molecule has 24 heavy (non-hydrogen) atoms. The highest BCUT2D eigenvalue weighted by Crippen LogP contribution is 2.13. The van der Waals surface area contributed by atoms with E-state index in [9.17, 15) is 9.59 Å². The fraction of sp³-hybridized carbons (Fsp3) is 0.111. The molecule has 2 aromatic rings. The summed E-state index contributed by atoms with van der Waals surface area (Å²) in [5, 5.41) is 8.10. The van der Waals surface area contributed by atoms with Crippen LogP contribution in [0.4, 0.5) is 16.2 Å². The number of carbonyl (C=O) groups excluding carboxylic acids is 2. The first-order valence-corrected chi connectivity index (χ1v) is 7.45. The fourth-order valence-corrected chi connectivity index (χ4v) is 1.83. The lowest BCUT2D eigenvalue weighted by molar-refractivity contribution is -0.111. The summed E-state index contributed by atoms with van der Waals surface area (Å²) >= 11 is 0. The van der Waals surface area contributed by atoms with Gasteiger partial charge in [-0.2, -0.15) is 0 Å². The Balaban J connectivity index is 1.80. The molecule has 3 N–H and O–H groups in total. The Labute approximate surface area is 140 Å². The van der Waals surface area contributed by atoms with Gasteiger partial charge in [0.1, 0.15) is 5.76 Å². The number of rotatable bonds is 6. The zero-order valence-electron chi connectivity index (χ0n) is 13.3. The number of urea groups is 1. The van der Waals surface area contributed by atoms with Crippen molar-refractivity contribution in [3.63, 3.8) is 0 Å². The first-order valence-electron chi connectivity index (χ1n) is 7.45. The van der Waals surface area contributed by atoms with Gasteiger partial charge in [0.05, 0.1) is 12.8 Å². The SMILES string of the molecule is C/C=C/C=C/C(=O)Nc1ccc(NC(=O)NCc2ccco2)cc1. The second-order valence-corrected chi connectivity index (χ2v) is 4.84. The van der Waals surface area contributed by atoms with Crippen LogP contribution in [0.3, 0.4) is 0 Å². The van der Waals surface area contributed by atoms with Crippen molar-refractivity contribution in [3.8, 4) is 0 Å². The monoisotopic (exact) mass is 325 g/mol. The fourth-order valence-electron chi connectivity index (χ4n) is 1.83. The van der Waals surface area contributed by atoms with E-state index in [1.54, 1.807) is 54.8 Å². The molecule has 0 saturated heterocycles. The molecule has 2 rings (SSSR count). The summed E-state index contributed by atoms with van der Waals surface area (Å²) in [6, 6.07) is 10.0. The number of hydrogen-bond donors (Lipinski definition) is 3. The van der Waals surface area contributed by atoms with E-state index >= 15 is 0 Å². The van der Waals surface area contributed by atoms with Crippen LogP contribution in [-0.4, -0.2) is 11.9 Å². The first kappa shape index (κ1) is 17.1. The first-order chi connectivity index (χ1) is 11.7. The lowest BCUT2D eigenvalue weighted by Crippen LogP contribution is -2.27. The van der Waals surface area contributed by atoms with Crippen LogP contribution in [0.2, 0.25) is 0 Å². The van der Waals surface area contributed by atoms with Gasteiger partial charge in [0, 0.05) is 17.5 Å². The minimum absolute atomic E-state index is 0.218. The highest BCUT2D eigenvalue weighted by molar-refractivity contribution is 5.99. The molecule has 0 aliphatic rings. The van der Waals surface area contributed by atoms with E-state index < -0.39 is 0 Å². The number of allylic oxidation sites excluding steroid dienone is 3. The molecular weight excluding hydrogens is 306 g/mol. The average molecular weight is 325 g/mol. The number of benzene rings is 1. The quantitative estimate of drug-likeness (QED) is 0.560. The van der Waals surface area contributed by atoms with Gasteiger partial charge >= 0.3 is 6.03 Å². The van der Waals surface area contributed by atoms with Crippen molar-refractivity contribution >= 4 is 23.3 Å². The molecule has 0 unspecified atom stereocenters. The molecule has 0 spiro atoms. The highest BCUT2D eigenvalue weighted by Gasteiger charge is 2.03. The lowest BCUT2D eigenvalue weighted by Gasteiger charge is -2.08. The lowest BCUT2D eigenvalue weighted by atomic mass is 10.2. The van der Waals surface area contributed by atoms with Crippen molar-refractivity contribution in [1.82, 2.24) is 5.32 Å². The number of amides is 3. The van der Waals surface area contributed by atoms with Crippen LogP contribution in [0.1, 0.15) is 12.7 Å². The summed E-state index contributed by atoms with van der Waals surface area (Å²) in [4.78, 5) is 23.4. The van der Waals surface area contributed by atoms with Crippen molar-refractivity contribution in [2.75, 3.05) is 10.6 Å². The molecule has 1 aromatic carbocycles. The molecule has 0 aliphatic heterocycles. The van der Waals surface area contributed by atoms with E-state index in [2.05, 4.69) is 16.0 Å². The molecule has 124 valence electrons. The van der Waals surface area contributed by atoms with Crippen LogP contribution in [0.25, 0.3) is 0 Å². The van der Waals surface area contributed by atoms with Gasteiger partial charge in [-0.3, -0.25) is 4.79 Å². The third kappa shape index (κ3) is 5.84. The normalized spacial score (nSPS) is 10.9. The zero-order chi connectivity index (χ0) is 17.2. The Morgan fingerprint density at radius 3 is 2.38 bits per heavy atom. The van der Waals surface area contributed by atoms with E-state index in [4.69, 9.17) is 4.42 Å². The number of carbonyl (C=O) groups is 2. The van der Waals surface area contributed by atoms with E-state index in [0.717, 1.165) is 0 Å². The van der Waals surface area contributed by atoms with Crippen LogP contribution in [0.5, 0.6) is 0 Å². The number of nitrogens with one attached hydrogen (secondary N) is 3. The molecule has 0 saturated carbocycles. The summed E-state index contributed by atoms with van der Waals surface area (Å²) in [7, 11) is 0. The molecule has 0 fully saturated rings. The summed E-state index contributed by atoms with van der Waals surface area (Å²) in [5.74, 6) is 0.458. The van der Waals surface area contributed by atoms with Crippen LogP contribution < -0.4 is 16.0 Å². The predicted molar refractivity (Wildman–Crippen MR) is 93.6 cm³/mol. The Hall–Kier alpha value is -3.28. The van der Waals surface area contributed by atoms with E-state index in [0.29, 0.717) is 23.7 Å². The zero-order valence-corrected chi connectivity index (χ0v) is 13.3. The Morgan fingerprint density at radius 2 is 1.75 bits per heavy atom. The topological polar surface area (TPSA) is 83.4 Å². The number of hydrogen-bond acceptors (Lipinski definition) is 3. The molecule has 6 nitrogen and oxygen atoms in total. The van der Waals surface area contributed by atoms with Gasteiger partial charge < -0.3 is 20.4 Å². The second kappa shape index (κ2) is 8.99. The maximum Gasteiger partial charge on any atom is 0.319 e. The largest absolute Gasteiger partial charge is 0.467 e. The highest BCUT2D eigenvalue weighted by atomic mass is 16.3. The molecule has 1 aromatic heterocycles. The smallest absolute Gasteiger partial charge is 0.319 e. The van der Waals surface area contributed by atoms with Crippen molar-refractivity contribution < 1.29 is 14.0 Å². The number of anilines is 2. The van der Waals surface area contributed by atoms with E-state index in [1.165, 1.54) is 6.08 Å². The van der Waals surface area contributed by atoms with Crippen molar-refractivity contribution in [2.24, 2.45) is 0 Å². The minimum atomic E-state index is -0.336. The van der Waals surface area contributed by atoms with Gasteiger partial charge in [0.15, 0.2) is 0 Å². The number of furan rings is 1. The summed E-state index contributed by atoms with van der Waals surface area (Å²) in [5.41, 5.74) is 1.26. The molecular formula is C18H19N3O3. The maximum atomic E-state index is 11.8. The molecule has 0 bridgehead atoms. The van der Waals surface area contributed by atoms with E-state index in [-0.39, 0.29) is 11.9 Å². The van der Waals surface area contributed by atoms with E-state index in [1.807, 2.05) is 13.0 Å². The van der Waals surface area contributed by atoms with Crippen LogP contribution in [0, 0.1) is 0 Å². The van der Waals surface area contributed by atoms with Gasteiger partial charge in [0.2, 0.25) is 5.91 Å². The van der Waals surface area contributed by atoms with Crippen LogP contribution >= 0.6 is 0 Å². The van der Waals surface area contributed by atoms with Crippen molar-refractivity contribution in [2.45, 2.75) is 13.5 Å². The third-order valence-electron chi connectivity index (χ3n) is 2.96. The van der Waals surface area contributed by atoms with Gasteiger partial charge in [-0.15, -0.1) is 0 Å². The summed E-state index contributed by atoms with van der Waals surface area (Å²) in [6.07, 6.45) is 8.26. The standard InChI is InChI=1S/C18H19N3O3/c1-2-3-4-7-17(22)20-14-8-10-15(11-9-14)21-18(23)19-13-16-6-5-12-24-16/h2-12H,13H2,1H3,(H,20,22)(H2,19,21,23)/b3-2+,7-4+. The maximum absolute atomic E-state index is 11.8. The summed E-state index contributed by atoms with van der Waals surface area (Å²) < 4.78 is 5.13. The average Bonchev–Trinajstić information content (AvgIpc) is 3.08. The Kier molecular flexibility index (Phi) is 6.40. The Morgan fingerprint density at radius 1 is 1.04 bits per heavy atom. The molecule has 1 heterocycles. The third-order valence-corrected chi connectivity index (χ3v) is 2.96. The molecule has 0 atom stereocenters. The van der Waals surface area contributed by atoms with Crippen molar-refractivity contribution in [1.29, 1.82) is 0 Å². The van der Waals surface area contributed by atoms with Crippen molar-refractivity contribution in [3.05, 3.63) is 72.7 Å². The minimum Gasteiger partial charge on any atom is -0.467 e. The molecule has 3 amide bonds. The molecule has 0 radical (unpaired) electrons. The van der Waals surface area contributed by atoms with Gasteiger partial charge in [-0.25, -0.2) is 4.79 Å². The van der Waals surface area contributed by atoms with Crippen LogP contribution in [-0.2, 0) is 11.3 Å². The predicted octanol–water partition coefficient (Wildman–Crippen LogP) is 3.67. The molecule has 6 heteroatoms. The summed E-state index contributed by atoms with van der Waals surface area (Å²) in [6.45, 7) is 2.18. The second-order valence-electron chi connectivity index (χ2n) is 4.84. The Bertz CT molecular complexity index is 716. The van der Waals surface area contributed by atoms with Gasteiger partial charge in [-0.05, 0) is 43.3 Å². The van der Waals surface area contributed by atoms with Gasteiger partial charge in [-0.1, -0.05) is 18.2 Å². The molecule has 0 aliphatic carbocycles.